The van der Waals surface area contributed by atoms with Crippen LogP contribution in [0.3, 0.4) is 0 Å². The maximum atomic E-state index is 12.6. The Morgan fingerprint density at radius 1 is 1.48 bits per heavy atom. The Hall–Kier alpha value is -1.60. The van der Waals surface area contributed by atoms with Crippen LogP contribution in [-0.2, 0) is 11.0 Å². The SMILES string of the molecule is CN1CCC[C@@H]1CONC(=O)c1cccc(C(F)(F)F)c1. The first kappa shape index (κ1) is 15.8. The van der Waals surface area contributed by atoms with E-state index < -0.39 is 17.6 Å². The highest BCUT2D eigenvalue weighted by Crippen LogP contribution is 2.29. The van der Waals surface area contributed by atoms with E-state index in [1.54, 1.807) is 0 Å². The first-order valence-electron chi connectivity index (χ1n) is 6.67. The summed E-state index contributed by atoms with van der Waals surface area (Å²) in [5.41, 5.74) is 1.26. The molecule has 2 rings (SSSR count). The standard InChI is InChI=1S/C14H17F3N2O2/c1-19-7-3-6-12(19)9-21-18-13(20)10-4-2-5-11(8-10)14(15,16)17/h2,4-5,8,12H,3,6-7,9H2,1H3,(H,18,20)/t12-/m1/s1. The van der Waals surface area contributed by atoms with E-state index in [1.165, 1.54) is 12.1 Å². The number of hydrogen-bond donors (Lipinski definition) is 1. The van der Waals surface area contributed by atoms with Gasteiger partial charge in [0.2, 0.25) is 0 Å². The normalized spacial score (nSPS) is 19.7. The number of amides is 1. The molecule has 1 saturated heterocycles. The van der Waals surface area contributed by atoms with Crippen LogP contribution in [0.2, 0.25) is 0 Å². The summed E-state index contributed by atoms with van der Waals surface area (Å²) in [6.07, 6.45) is -2.41. The highest BCUT2D eigenvalue weighted by molar-refractivity contribution is 5.93. The lowest BCUT2D eigenvalue weighted by atomic mass is 10.1. The van der Waals surface area contributed by atoms with Crippen LogP contribution >= 0.6 is 0 Å². The topological polar surface area (TPSA) is 41.6 Å². The monoisotopic (exact) mass is 302 g/mol. The van der Waals surface area contributed by atoms with Gasteiger partial charge in [0.15, 0.2) is 0 Å². The third-order valence-corrected chi connectivity index (χ3v) is 3.56. The Morgan fingerprint density at radius 3 is 2.86 bits per heavy atom. The van der Waals surface area contributed by atoms with Crippen molar-refractivity contribution in [1.29, 1.82) is 0 Å². The number of benzene rings is 1. The quantitative estimate of drug-likeness (QED) is 0.869. The average Bonchev–Trinajstić information content (AvgIpc) is 2.83. The zero-order valence-corrected chi connectivity index (χ0v) is 11.6. The fraction of sp³-hybridized carbons (Fsp3) is 0.500. The molecular weight excluding hydrogens is 285 g/mol. The van der Waals surface area contributed by atoms with E-state index in [9.17, 15) is 18.0 Å². The van der Waals surface area contributed by atoms with E-state index >= 15 is 0 Å². The molecule has 0 bridgehead atoms. The molecule has 21 heavy (non-hydrogen) atoms. The summed E-state index contributed by atoms with van der Waals surface area (Å²) in [6.45, 7) is 1.30. The van der Waals surface area contributed by atoms with E-state index in [0.717, 1.165) is 31.5 Å². The third-order valence-electron chi connectivity index (χ3n) is 3.56. The summed E-state index contributed by atoms with van der Waals surface area (Å²) in [6, 6.07) is 4.47. The third kappa shape index (κ3) is 4.18. The van der Waals surface area contributed by atoms with Crippen molar-refractivity contribution in [3.05, 3.63) is 35.4 Å². The Morgan fingerprint density at radius 2 is 2.24 bits per heavy atom. The van der Waals surface area contributed by atoms with E-state index in [0.29, 0.717) is 6.61 Å². The number of likely N-dealkylation sites (tertiary alicyclic amines) is 1. The van der Waals surface area contributed by atoms with Gasteiger partial charge in [-0.25, -0.2) is 5.48 Å². The zero-order chi connectivity index (χ0) is 15.5. The van der Waals surface area contributed by atoms with Crippen LogP contribution in [0, 0.1) is 0 Å². The largest absolute Gasteiger partial charge is 0.416 e. The Balaban J connectivity index is 1.88. The summed E-state index contributed by atoms with van der Waals surface area (Å²) in [5, 5.41) is 0. The second-order valence-electron chi connectivity index (χ2n) is 5.10. The van der Waals surface area contributed by atoms with Crippen LogP contribution in [0.1, 0.15) is 28.8 Å². The molecule has 1 aliphatic rings. The van der Waals surface area contributed by atoms with Gasteiger partial charge in [0, 0.05) is 11.6 Å². The fourth-order valence-corrected chi connectivity index (χ4v) is 2.29. The van der Waals surface area contributed by atoms with Crippen molar-refractivity contribution in [1.82, 2.24) is 10.4 Å². The van der Waals surface area contributed by atoms with Crippen LogP contribution < -0.4 is 5.48 Å². The van der Waals surface area contributed by atoms with Gasteiger partial charge in [-0.1, -0.05) is 6.07 Å². The van der Waals surface area contributed by atoms with E-state index in [4.69, 9.17) is 4.84 Å². The van der Waals surface area contributed by atoms with Gasteiger partial charge in [-0.05, 0) is 44.6 Å². The summed E-state index contributed by atoms with van der Waals surface area (Å²) in [7, 11) is 1.97. The molecule has 1 heterocycles. The van der Waals surface area contributed by atoms with Crippen molar-refractivity contribution in [2.45, 2.75) is 25.1 Å². The van der Waals surface area contributed by atoms with E-state index in [1.807, 2.05) is 7.05 Å². The lowest BCUT2D eigenvalue weighted by molar-refractivity contribution is -0.137. The van der Waals surface area contributed by atoms with Crippen molar-refractivity contribution < 1.29 is 22.8 Å². The number of alkyl halides is 3. The van der Waals surface area contributed by atoms with Gasteiger partial charge >= 0.3 is 6.18 Å². The highest BCUT2D eigenvalue weighted by atomic mass is 19.4. The van der Waals surface area contributed by atoms with Gasteiger partial charge < -0.3 is 4.90 Å². The number of nitrogens with zero attached hydrogens (tertiary/aromatic N) is 1. The first-order chi connectivity index (χ1) is 9.88. The van der Waals surface area contributed by atoms with Crippen LogP contribution in [0.25, 0.3) is 0 Å². The Kier molecular flexibility index (Phi) is 4.84. The second-order valence-corrected chi connectivity index (χ2v) is 5.10. The summed E-state index contributed by atoms with van der Waals surface area (Å²) < 4.78 is 37.7. The molecule has 0 saturated carbocycles. The van der Waals surface area contributed by atoms with Crippen molar-refractivity contribution in [2.75, 3.05) is 20.2 Å². The molecule has 0 aromatic heterocycles. The van der Waals surface area contributed by atoms with Crippen molar-refractivity contribution in [3.8, 4) is 0 Å². The molecule has 1 atom stereocenters. The Labute approximate surface area is 120 Å². The predicted octanol–water partition coefficient (Wildman–Crippen LogP) is 2.46. The van der Waals surface area contributed by atoms with Gasteiger partial charge in [0.1, 0.15) is 0 Å². The summed E-state index contributed by atoms with van der Waals surface area (Å²) >= 11 is 0. The molecule has 116 valence electrons. The number of nitrogens with one attached hydrogen (secondary N) is 1. The molecule has 7 heteroatoms. The minimum atomic E-state index is -4.47. The lowest BCUT2D eigenvalue weighted by Gasteiger charge is -2.18. The van der Waals surface area contributed by atoms with Gasteiger partial charge in [-0.3, -0.25) is 9.63 Å². The molecule has 1 N–H and O–H groups in total. The molecule has 0 spiro atoms. The Bertz CT molecular complexity index is 505. The van der Waals surface area contributed by atoms with Crippen LogP contribution in [0.4, 0.5) is 13.2 Å². The van der Waals surface area contributed by atoms with E-state index in [2.05, 4.69) is 10.4 Å². The predicted molar refractivity (Wildman–Crippen MR) is 70.5 cm³/mol. The zero-order valence-electron chi connectivity index (χ0n) is 11.6. The van der Waals surface area contributed by atoms with Crippen molar-refractivity contribution in [2.24, 2.45) is 0 Å². The molecule has 1 amide bonds. The number of hydroxylamine groups is 1. The van der Waals surface area contributed by atoms with Crippen molar-refractivity contribution in [3.63, 3.8) is 0 Å². The minimum Gasteiger partial charge on any atom is -0.301 e. The molecule has 1 aliphatic heterocycles. The number of rotatable bonds is 4. The molecule has 4 nitrogen and oxygen atoms in total. The molecule has 1 fully saturated rings. The number of carbonyl (C=O) groups excluding carboxylic acids is 1. The van der Waals surface area contributed by atoms with Crippen LogP contribution in [-0.4, -0.2) is 37.0 Å². The van der Waals surface area contributed by atoms with Crippen molar-refractivity contribution >= 4 is 5.91 Å². The van der Waals surface area contributed by atoms with E-state index in [-0.39, 0.29) is 11.6 Å². The number of likely N-dealkylation sites (N-methyl/N-ethyl adjacent to an activating group) is 1. The molecule has 0 aliphatic carbocycles. The van der Waals surface area contributed by atoms with Gasteiger partial charge in [0.25, 0.3) is 5.91 Å². The van der Waals surface area contributed by atoms with Gasteiger partial charge in [-0.15, -0.1) is 0 Å². The number of carbonyl (C=O) groups is 1. The maximum absolute atomic E-state index is 12.6. The summed E-state index contributed by atoms with van der Waals surface area (Å²) in [4.78, 5) is 19.0. The lowest BCUT2D eigenvalue weighted by Crippen LogP contribution is -2.34. The first-order valence-corrected chi connectivity index (χ1v) is 6.67. The molecule has 1 aromatic carbocycles. The van der Waals surface area contributed by atoms with Crippen LogP contribution in [0.15, 0.2) is 24.3 Å². The number of halogens is 3. The molecule has 0 unspecified atom stereocenters. The molecule has 0 radical (unpaired) electrons. The average molecular weight is 302 g/mol. The maximum Gasteiger partial charge on any atom is 0.416 e. The second kappa shape index (κ2) is 6.44. The highest BCUT2D eigenvalue weighted by Gasteiger charge is 2.31. The summed E-state index contributed by atoms with van der Waals surface area (Å²) in [5.74, 6) is -0.679. The molecular formula is C14H17F3N2O2. The van der Waals surface area contributed by atoms with Gasteiger partial charge in [-0.2, -0.15) is 13.2 Å². The van der Waals surface area contributed by atoms with Gasteiger partial charge in [0.05, 0.1) is 12.2 Å². The fourth-order valence-electron chi connectivity index (χ4n) is 2.29. The van der Waals surface area contributed by atoms with Crippen LogP contribution in [0.5, 0.6) is 0 Å². The minimum absolute atomic E-state index is 0.0791. The number of hydrogen-bond acceptors (Lipinski definition) is 3. The smallest absolute Gasteiger partial charge is 0.301 e. The molecule has 1 aromatic rings.